The Hall–Kier alpha value is -3.20. The fourth-order valence-corrected chi connectivity index (χ4v) is 1.89. The van der Waals surface area contributed by atoms with Crippen molar-refractivity contribution in [1.29, 1.82) is 5.26 Å². The number of nitriles is 1. The van der Waals surface area contributed by atoms with Gasteiger partial charge in [0.05, 0.1) is 11.6 Å². The molecule has 6 heteroatoms. The summed E-state index contributed by atoms with van der Waals surface area (Å²) in [6.45, 7) is 3.69. The van der Waals surface area contributed by atoms with Gasteiger partial charge in [-0.15, -0.1) is 0 Å². The molecule has 2 N–H and O–H groups in total. The number of benzene rings is 1. The van der Waals surface area contributed by atoms with Crippen molar-refractivity contribution in [3.8, 4) is 6.07 Å². The summed E-state index contributed by atoms with van der Waals surface area (Å²) in [7, 11) is 0. The lowest BCUT2D eigenvalue weighted by Gasteiger charge is -2.09. The van der Waals surface area contributed by atoms with E-state index in [1.54, 1.807) is 36.4 Å². The van der Waals surface area contributed by atoms with Crippen molar-refractivity contribution in [1.82, 2.24) is 10.3 Å². The fourth-order valence-electron chi connectivity index (χ4n) is 1.89. The highest BCUT2D eigenvalue weighted by Crippen LogP contribution is 2.11. The molecule has 1 heterocycles. The Balaban J connectivity index is 2.16. The van der Waals surface area contributed by atoms with Gasteiger partial charge in [-0.3, -0.25) is 9.59 Å². The van der Waals surface area contributed by atoms with Crippen LogP contribution in [-0.4, -0.2) is 22.8 Å². The smallest absolute Gasteiger partial charge is 0.274 e. The number of aromatic nitrogens is 1. The molecule has 116 valence electrons. The molecular weight excluding hydrogens is 292 g/mol. The van der Waals surface area contributed by atoms with E-state index in [2.05, 4.69) is 15.6 Å². The van der Waals surface area contributed by atoms with E-state index in [4.69, 9.17) is 5.26 Å². The van der Waals surface area contributed by atoms with Gasteiger partial charge in [0.2, 0.25) is 0 Å². The zero-order valence-corrected chi connectivity index (χ0v) is 12.8. The van der Waals surface area contributed by atoms with Gasteiger partial charge in [-0.1, -0.05) is 12.1 Å². The van der Waals surface area contributed by atoms with E-state index in [0.717, 1.165) is 0 Å². The molecular formula is C17H16N4O2. The molecule has 0 fully saturated rings. The number of hydrogen-bond donors (Lipinski definition) is 2. The van der Waals surface area contributed by atoms with Crippen LogP contribution in [0.4, 0.5) is 5.69 Å². The molecule has 0 spiro atoms. The van der Waals surface area contributed by atoms with Gasteiger partial charge in [0.1, 0.15) is 11.4 Å². The summed E-state index contributed by atoms with van der Waals surface area (Å²) >= 11 is 0. The molecule has 0 saturated carbocycles. The Morgan fingerprint density at radius 1 is 1.09 bits per heavy atom. The standard InChI is InChI=1S/C17H16N4O2/c1-11(2)19-16(22)14-7-4-8-15(21-14)17(23)20-13-6-3-5-12(9-13)10-18/h3-9,11H,1-2H3,(H,19,22)(H,20,23). The maximum Gasteiger partial charge on any atom is 0.274 e. The van der Waals surface area contributed by atoms with Gasteiger partial charge in [-0.05, 0) is 44.2 Å². The van der Waals surface area contributed by atoms with Crippen molar-refractivity contribution in [2.75, 3.05) is 5.32 Å². The van der Waals surface area contributed by atoms with Gasteiger partial charge < -0.3 is 10.6 Å². The zero-order chi connectivity index (χ0) is 16.8. The molecule has 0 atom stereocenters. The number of nitrogens with one attached hydrogen (secondary N) is 2. The average molecular weight is 308 g/mol. The summed E-state index contributed by atoms with van der Waals surface area (Å²) < 4.78 is 0. The van der Waals surface area contributed by atoms with Gasteiger partial charge in [0, 0.05) is 11.7 Å². The third-order valence-electron chi connectivity index (χ3n) is 2.88. The third-order valence-corrected chi connectivity index (χ3v) is 2.88. The van der Waals surface area contributed by atoms with Crippen LogP contribution in [0.5, 0.6) is 0 Å². The van der Waals surface area contributed by atoms with Crippen LogP contribution in [0, 0.1) is 11.3 Å². The van der Waals surface area contributed by atoms with Crippen molar-refractivity contribution >= 4 is 17.5 Å². The van der Waals surface area contributed by atoms with Gasteiger partial charge in [-0.25, -0.2) is 4.98 Å². The van der Waals surface area contributed by atoms with Crippen molar-refractivity contribution < 1.29 is 9.59 Å². The van der Waals surface area contributed by atoms with Gasteiger partial charge in [-0.2, -0.15) is 5.26 Å². The number of anilines is 1. The topological polar surface area (TPSA) is 94.9 Å². The van der Waals surface area contributed by atoms with Crippen LogP contribution >= 0.6 is 0 Å². The second kappa shape index (κ2) is 7.18. The van der Waals surface area contributed by atoms with Crippen LogP contribution in [-0.2, 0) is 0 Å². The summed E-state index contributed by atoms with van der Waals surface area (Å²) in [5.74, 6) is -0.777. The summed E-state index contributed by atoms with van der Waals surface area (Å²) in [4.78, 5) is 28.2. The second-order valence-electron chi connectivity index (χ2n) is 5.18. The van der Waals surface area contributed by atoms with Crippen molar-refractivity contribution in [2.45, 2.75) is 19.9 Å². The molecule has 0 unspecified atom stereocenters. The normalized spacial score (nSPS) is 10.0. The Labute approximate surface area is 134 Å². The van der Waals surface area contributed by atoms with Crippen molar-refractivity contribution in [3.63, 3.8) is 0 Å². The van der Waals surface area contributed by atoms with E-state index >= 15 is 0 Å². The maximum atomic E-state index is 12.2. The Morgan fingerprint density at radius 2 is 1.74 bits per heavy atom. The molecule has 0 radical (unpaired) electrons. The lowest BCUT2D eigenvalue weighted by Crippen LogP contribution is -2.31. The molecule has 0 bridgehead atoms. The average Bonchev–Trinajstić information content (AvgIpc) is 2.54. The number of rotatable bonds is 4. The zero-order valence-electron chi connectivity index (χ0n) is 12.8. The Bertz CT molecular complexity index is 778. The van der Waals surface area contributed by atoms with E-state index in [-0.39, 0.29) is 23.3 Å². The summed E-state index contributed by atoms with van der Waals surface area (Å²) in [6, 6.07) is 13.2. The minimum absolute atomic E-state index is 0.0181. The van der Waals surface area contributed by atoms with Crippen LogP contribution in [0.1, 0.15) is 40.4 Å². The number of hydrogen-bond acceptors (Lipinski definition) is 4. The van der Waals surface area contributed by atoms with E-state index in [0.29, 0.717) is 11.3 Å². The number of carbonyl (C=O) groups is 2. The predicted molar refractivity (Wildman–Crippen MR) is 85.9 cm³/mol. The molecule has 23 heavy (non-hydrogen) atoms. The first-order chi connectivity index (χ1) is 11.0. The van der Waals surface area contributed by atoms with E-state index < -0.39 is 5.91 Å². The first-order valence-corrected chi connectivity index (χ1v) is 7.09. The SMILES string of the molecule is CC(C)NC(=O)c1cccc(C(=O)Nc2cccc(C#N)c2)n1. The number of pyridine rings is 1. The molecule has 0 aliphatic carbocycles. The van der Waals surface area contributed by atoms with Crippen molar-refractivity contribution in [2.24, 2.45) is 0 Å². The van der Waals surface area contributed by atoms with Gasteiger partial charge in [0.25, 0.3) is 11.8 Å². The van der Waals surface area contributed by atoms with Gasteiger partial charge >= 0.3 is 0 Å². The molecule has 0 saturated heterocycles. The lowest BCUT2D eigenvalue weighted by atomic mass is 10.2. The first-order valence-electron chi connectivity index (χ1n) is 7.09. The lowest BCUT2D eigenvalue weighted by molar-refractivity contribution is 0.0938. The monoisotopic (exact) mass is 308 g/mol. The first kappa shape index (κ1) is 16.2. The molecule has 2 aromatic rings. The van der Waals surface area contributed by atoms with Crippen LogP contribution < -0.4 is 10.6 Å². The minimum Gasteiger partial charge on any atom is -0.349 e. The molecule has 1 aromatic heterocycles. The van der Waals surface area contributed by atoms with Crippen LogP contribution in [0.2, 0.25) is 0 Å². The van der Waals surface area contributed by atoms with E-state index in [1.165, 1.54) is 6.07 Å². The minimum atomic E-state index is -0.445. The quantitative estimate of drug-likeness (QED) is 0.906. The Morgan fingerprint density at radius 3 is 2.39 bits per heavy atom. The Kier molecular flexibility index (Phi) is 5.05. The van der Waals surface area contributed by atoms with E-state index in [9.17, 15) is 9.59 Å². The largest absolute Gasteiger partial charge is 0.349 e. The highest BCUT2D eigenvalue weighted by molar-refractivity contribution is 6.03. The van der Waals surface area contributed by atoms with E-state index in [1.807, 2.05) is 19.9 Å². The highest BCUT2D eigenvalue weighted by atomic mass is 16.2. The summed E-state index contributed by atoms with van der Waals surface area (Å²) in [5, 5.41) is 14.2. The summed E-state index contributed by atoms with van der Waals surface area (Å²) in [6.07, 6.45) is 0. The molecule has 0 aliphatic heterocycles. The predicted octanol–water partition coefficient (Wildman–Crippen LogP) is 2.34. The summed E-state index contributed by atoms with van der Waals surface area (Å²) in [5.41, 5.74) is 1.24. The second-order valence-corrected chi connectivity index (χ2v) is 5.18. The maximum absolute atomic E-state index is 12.2. The fraction of sp³-hybridized carbons (Fsp3) is 0.176. The number of nitrogens with zero attached hydrogens (tertiary/aromatic N) is 2. The van der Waals surface area contributed by atoms with Gasteiger partial charge in [0.15, 0.2) is 0 Å². The highest BCUT2D eigenvalue weighted by Gasteiger charge is 2.13. The number of carbonyl (C=O) groups excluding carboxylic acids is 2. The third kappa shape index (κ3) is 4.38. The van der Waals surface area contributed by atoms with Crippen molar-refractivity contribution in [3.05, 3.63) is 59.4 Å². The van der Waals surface area contributed by atoms with Crippen LogP contribution in [0.3, 0.4) is 0 Å². The molecule has 0 aliphatic rings. The number of amides is 2. The van der Waals surface area contributed by atoms with Crippen LogP contribution in [0.15, 0.2) is 42.5 Å². The molecule has 2 amide bonds. The molecule has 1 aromatic carbocycles. The van der Waals surface area contributed by atoms with Crippen LogP contribution in [0.25, 0.3) is 0 Å². The molecule has 2 rings (SSSR count). The molecule has 6 nitrogen and oxygen atoms in total.